The van der Waals surface area contributed by atoms with Crippen LogP contribution in [-0.2, 0) is 10.4 Å². The molecule has 29 heavy (non-hydrogen) atoms. The summed E-state index contributed by atoms with van der Waals surface area (Å²) in [7, 11) is 0. The molecule has 7 nitrogen and oxygen atoms in total. The van der Waals surface area contributed by atoms with Crippen molar-refractivity contribution in [3.63, 3.8) is 0 Å². The van der Waals surface area contributed by atoms with E-state index in [0.29, 0.717) is 16.5 Å². The first-order valence-corrected chi connectivity index (χ1v) is 9.02. The lowest BCUT2D eigenvalue weighted by atomic mass is 9.86. The number of carbonyl (C=O) groups excluding carboxylic acids is 2. The Morgan fingerprint density at radius 2 is 1.83 bits per heavy atom. The molecule has 0 bridgehead atoms. The second-order valence-corrected chi connectivity index (χ2v) is 7.05. The van der Waals surface area contributed by atoms with Gasteiger partial charge in [0.15, 0.2) is 0 Å². The first-order chi connectivity index (χ1) is 13.9. The van der Waals surface area contributed by atoms with E-state index >= 15 is 0 Å². The minimum atomic E-state index is -1.23. The number of fused-ring (bicyclic) bond motifs is 1. The number of para-hydroxylation sites is 1. The number of carbonyl (C=O) groups is 2. The predicted octanol–water partition coefficient (Wildman–Crippen LogP) is 1.13. The van der Waals surface area contributed by atoms with Gasteiger partial charge in [-0.15, -0.1) is 0 Å². The van der Waals surface area contributed by atoms with Crippen LogP contribution in [0.1, 0.15) is 15.9 Å². The van der Waals surface area contributed by atoms with Crippen LogP contribution in [-0.4, -0.2) is 46.4 Å². The summed E-state index contributed by atoms with van der Waals surface area (Å²) in [6.45, 7) is -0.210. The Balaban J connectivity index is 1.37. The number of β-amino-alcohol motifs (C(OH)–C–C–N with tert-alkyl or cyclic N) is 1. The van der Waals surface area contributed by atoms with Crippen molar-refractivity contribution in [1.29, 1.82) is 0 Å². The number of hydrogen-bond donors (Lipinski definition) is 3. The monoisotopic (exact) mass is 395 g/mol. The van der Waals surface area contributed by atoms with Crippen LogP contribution in [0.2, 0.25) is 0 Å². The minimum Gasteiger partial charge on any atom is -0.381 e. The molecule has 0 atom stereocenters. The highest BCUT2D eigenvalue weighted by atomic mass is 19.1. The maximum atomic E-state index is 13.0. The molecule has 8 heteroatoms. The van der Waals surface area contributed by atoms with Crippen molar-refractivity contribution in [2.75, 3.05) is 19.6 Å². The van der Waals surface area contributed by atoms with Crippen LogP contribution in [0.3, 0.4) is 0 Å². The van der Waals surface area contributed by atoms with Gasteiger partial charge in [0.1, 0.15) is 17.0 Å². The highest BCUT2D eigenvalue weighted by Crippen LogP contribution is 2.31. The van der Waals surface area contributed by atoms with Crippen LogP contribution in [0.4, 0.5) is 4.39 Å². The molecule has 148 valence electrons. The van der Waals surface area contributed by atoms with Gasteiger partial charge in [-0.1, -0.05) is 24.3 Å². The van der Waals surface area contributed by atoms with E-state index in [0.717, 1.165) is 0 Å². The predicted molar refractivity (Wildman–Crippen MR) is 104 cm³/mol. The summed E-state index contributed by atoms with van der Waals surface area (Å²) in [5.41, 5.74) is -0.592. The SMILES string of the molecule is O=C(NCC(=O)N1CC(O)(c2ccc(F)cc2)C1)c1c[nH]c2ccccc2c1=O. The van der Waals surface area contributed by atoms with Crippen LogP contribution in [0, 0.1) is 5.82 Å². The van der Waals surface area contributed by atoms with Crippen molar-refractivity contribution < 1.29 is 19.1 Å². The first-order valence-electron chi connectivity index (χ1n) is 9.02. The van der Waals surface area contributed by atoms with Gasteiger partial charge in [0, 0.05) is 17.1 Å². The third-order valence-electron chi connectivity index (χ3n) is 5.07. The normalized spacial score (nSPS) is 15.0. The topological polar surface area (TPSA) is 102 Å². The highest BCUT2D eigenvalue weighted by Gasteiger charge is 2.44. The van der Waals surface area contributed by atoms with Crippen LogP contribution in [0.15, 0.2) is 59.5 Å². The molecule has 1 aliphatic rings. The number of pyridine rings is 1. The quantitative estimate of drug-likeness (QED) is 0.616. The third-order valence-corrected chi connectivity index (χ3v) is 5.07. The van der Waals surface area contributed by atoms with Gasteiger partial charge >= 0.3 is 0 Å². The number of aromatic nitrogens is 1. The van der Waals surface area contributed by atoms with Crippen molar-refractivity contribution in [2.45, 2.75) is 5.60 Å². The fraction of sp³-hybridized carbons (Fsp3) is 0.190. The number of aromatic amines is 1. The fourth-order valence-corrected chi connectivity index (χ4v) is 3.40. The molecule has 2 heterocycles. The number of benzene rings is 2. The van der Waals surface area contributed by atoms with Crippen LogP contribution < -0.4 is 10.7 Å². The lowest BCUT2D eigenvalue weighted by Gasteiger charge is -2.46. The average molecular weight is 395 g/mol. The highest BCUT2D eigenvalue weighted by molar-refractivity contribution is 5.98. The fourth-order valence-electron chi connectivity index (χ4n) is 3.40. The zero-order chi connectivity index (χ0) is 20.6. The molecule has 0 spiro atoms. The maximum absolute atomic E-state index is 13.0. The van der Waals surface area contributed by atoms with E-state index in [4.69, 9.17) is 0 Å². The molecule has 0 aliphatic carbocycles. The Labute approximate surface area is 164 Å². The van der Waals surface area contributed by atoms with Gasteiger partial charge in [0.05, 0.1) is 19.6 Å². The van der Waals surface area contributed by atoms with E-state index in [1.165, 1.54) is 35.4 Å². The van der Waals surface area contributed by atoms with Gasteiger partial charge in [0.25, 0.3) is 5.91 Å². The van der Waals surface area contributed by atoms with Gasteiger partial charge in [-0.3, -0.25) is 14.4 Å². The van der Waals surface area contributed by atoms with E-state index in [1.54, 1.807) is 24.3 Å². The number of aliphatic hydroxyl groups is 1. The molecule has 4 rings (SSSR count). The average Bonchev–Trinajstić information content (AvgIpc) is 2.70. The van der Waals surface area contributed by atoms with Gasteiger partial charge in [0.2, 0.25) is 11.3 Å². The molecule has 1 saturated heterocycles. The lowest BCUT2D eigenvalue weighted by Crippen LogP contribution is -2.62. The molecule has 2 amide bonds. The molecule has 1 aromatic heterocycles. The second kappa shape index (κ2) is 7.14. The Morgan fingerprint density at radius 1 is 1.14 bits per heavy atom. The molecule has 3 N–H and O–H groups in total. The number of rotatable bonds is 4. The smallest absolute Gasteiger partial charge is 0.257 e. The van der Waals surface area contributed by atoms with Crippen molar-refractivity contribution >= 4 is 22.7 Å². The molecule has 2 aromatic carbocycles. The minimum absolute atomic E-state index is 0.0455. The summed E-state index contributed by atoms with van der Waals surface area (Å²) < 4.78 is 13.0. The number of hydrogen-bond acceptors (Lipinski definition) is 4. The van der Waals surface area contributed by atoms with E-state index in [2.05, 4.69) is 10.3 Å². The third kappa shape index (κ3) is 3.50. The molecule has 3 aromatic rings. The summed E-state index contributed by atoms with van der Waals surface area (Å²) in [5.74, 6) is -1.45. The molecular formula is C21H18FN3O4. The lowest BCUT2D eigenvalue weighted by molar-refractivity contribution is -0.156. The first kappa shape index (κ1) is 18.8. The molecular weight excluding hydrogens is 377 g/mol. The zero-order valence-corrected chi connectivity index (χ0v) is 15.3. The van der Waals surface area contributed by atoms with Gasteiger partial charge in [-0.05, 0) is 29.8 Å². The summed E-state index contributed by atoms with van der Waals surface area (Å²) in [5, 5.41) is 13.4. The Kier molecular flexibility index (Phi) is 4.63. The molecule has 1 aliphatic heterocycles. The van der Waals surface area contributed by atoms with Crippen molar-refractivity contribution in [2.24, 2.45) is 0 Å². The van der Waals surface area contributed by atoms with Crippen LogP contribution in [0.25, 0.3) is 10.9 Å². The summed E-state index contributed by atoms with van der Waals surface area (Å²) in [4.78, 5) is 41.3. The van der Waals surface area contributed by atoms with Gasteiger partial charge < -0.3 is 20.3 Å². The number of halogens is 1. The number of H-pyrrole nitrogens is 1. The summed E-state index contributed by atoms with van der Waals surface area (Å²) >= 11 is 0. The standard InChI is InChI=1S/C21H18FN3O4/c22-14-7-5-13(6-8-14)21(29)11-25(12-21)18(26)10-24-20(28)16-9-23-17-4-2-1-3-15(17)19(16)27/h1-9,29H,10-12H2,(H,23,27)(H,24,28). The van der Waals surface area contributed by atoms with Crippen molar-refractivity contribution in [1.82, 2.24) is 15.2 Å². The van der Waals surface area contributed by atoms with E-state index < -0.39 is 22.8 Å². The maximum Gasteiger partial charge on any atom is 0.257 e. The van der Waals surface area contributed by atoms with E-state index in [1.807, 2.05) is 0 Å². The van der Waals surface area contributed by atoms with Crippen molar-refractivity contribution in [3.8, 4) is 0 Å². The summed E-state index contributed by atoms with van der Waals surface area (Å²) in [6.07, 6.45) is 1.32. The second-order valence-electron chi connectivity index (χ2n) is 7.05. The molecule has 0 unspecified atom stereocenters. The van der Waals surface area contributed by atoms with E-state index in [9.17, 15) is 23.9 Å². The Morgan fingerprint density at radius 3 is 2.55 bits per heavy atom. The number of nitrogens with one attached hydrogen (secondary N) is 2. The number of nitrogens with zero attached hydrogens (tertiary/aromatic N) is 1. The van der Waals surface area contributed by atoms with Gasteiger partial charge in [-0.2, -0.15) is 0 Å². The van der Waals surface area contributed by atoms with Crippen LogP contribution >= 0.6 is 0 Å². The Bertz CT molecular complexity index is 1150. The van der Waals surface area contributed by atoms with Crippen molar-refractivity contribution in [3.05, 3.63) is 81.9 Å². The molecule has 1 fully saturated rings. The number of amides is 2. The molecule has 0 saturated carbocycles. The largest absolute Gasteiger partial charge is 0.381 e. The van der Waals surface area contributed by atoms with Crippen LogP contribution in [0.5, 0.6) is 0 Å². The Hall–Kier alpha value is -3.52. The van der Waals surface area contributed by atoms with Gasteiger partial charge in [-0.25, -0.2) is 4.39 Å². The summed E-state index contributed by atoms with van der Waals surface area (Å²) in [6, 6.07) is 12.3. The molecule has 0 radical (unpaired) electrons. The zero-order valence-electron chi connectivity index (χ0n) is 15.3. The number of likely N-dealkylation sites (tertiary alicyclic amines) is 1. The van der Waals surface area contributed by atoms with E-state index in [-0.39, 0.29) is 31.1 Å².